The molecule has 0 bridgehead atoms. The number of benzene rings is 1. The fourth-order valence-corrected chi connectivity index (χ4v) is 3.02. The second kappa shape index (κ2) is 6.87. The van der Waals surface area contributed by atoms with E-state index in [0.29, 0.717) is 11.5 Å². The lowest BCUT2D eigenvalue weighted by Gasteiger charge is -2.16. The Bertz CT molecular complexity index is 818. The molecule has 120 valence electrons. The summed E-state index contributed by atoms with van der Waals surface area (Å²) in [5.41, 5.74) is 1.88. The quantitative estimate of drug-likeness (QED) is 0.751. The van der Waals surface area contributed by atoms with Crippen molar-refractivity contribution in [2.45, 2.75) is 19.4 Å². The highest BCUT2D eigenvalue weighted by molar-refractivity contribution is 7.84. The van der Waals surface area contributed by atoms with E-state index < -0.39 is 10.8 Å². The lowest BCUT2D eigenvalue weighted by Crippen LogP contribution is -2.20. The van der Waals surface area contributed by atoms with Crippen molar-refractivity contribution in [3.63, 3.8) is 0 Å². The molecule has 0 saturated heterocycles. The standard InChI is InChI=1S/C16H19N5OS/c1-12(8-9-23(2)22)19-15-10-14(13-6-4-3-5-7-13)20-16-17-11-18-21(15)16/h3-7,10-12,19H,8-9H2,1-2H3/t12-,23-/m1/s1. The molecular weight excluding hydrogens is 310 g/mol. The van der Waals surface area contributed by atoms with Gasteiger partial charge >= 0.3 is 0 Å². The number of aromatic nitrogens is 4. The molecule has 1 N–H and O–H groups in total. The summed E-state index contributed by atoms with van der Waals surface area (Å²) >= 11 is 0. The van der Waals surface area contributed by atoms with Crippen LogP contribution in [-0.4, -0.2) is 41.8 Å². The summed E-state index contributed by atoms with van der Waals surface area (Å²) in [5, 5.41) is 7.64. The minimum atomic E-state index is -0.785. The smallest absolute Gasteiger partial charge is 0.254 e. The van der Waals surface area contributed by atoms with Gasteiger partial charge in [-0.05, 0) is 13.3 Å². The van der Waals surface area contributed by atoms with Crippen molar-refractivity contribution in [1.29, 1.82) is 0 Å². The maximum Gasteiger partial charge on any atom is 0.254 e. The van der Waals surface area contributed by atoms with Gasteiger partial charge in [0.15, 0.2) is 0 Å². The largest absolute Gasteiger partial charge is 0.367 e. The first-order valence-corrected chi connectivity index (χ1v) is 9.19. The first-order chi connectivity index (χ1) is 11.1. The Labute approximate surface area is 137 Å². The maximum atomic E-state index is 11.3. The van der Waals surface area contributed by atoms with Crippen LogP contribution in [0.25, 0.3) is 17.0 Å². The van der Waals surface area contributed by atoms with Crippen LogP contribution in [0.15, 0.2) is 42.7 Å². The molecule has 3 aromatic rings. The van der Waals surface area contributed by atoms with Gasteiger partial charge in [0.2, 0.25) is 0 Å². The molecule has 1 aromatic carbocycles. The monoisotopic (exact) mass is 329 g/mol. The van der Waals surface area contributed by atoms with Crippen molar-refractivity contribution in [1.82, 2.24) is 19.6 Å². The highest BCUT2D eigenvalue weighted by Gasteiger charge is 2.11. The van der Waals surface area contributed by atoms with Crippen LogP contribution >= 0.6 is 0 Å². The van der Waals surface area contributed by atoms with E-state index >= 15 is 0 Å². The molecule has 0 fully saturated rings. The predicted octanol–water partition coefficient (Wildman–Crippen LogP) is 2.36. The van der Waals surface area contributed by atoms with Crippen LogP contribution < -0.4 is 5.32 Å². The molecule has 7 heteroatoms. The molecular formula is C16H19N5OS. The average Bonchev–Trinajstić information content (AvgIpc) is 3.02. The molecule has 2 aromatic heterocycles. The van der Waals surface area contributed by atoms with E-state index in [1.54, 1.807) is 10.8 Å². The number of hydrogen-bond donors (Lipinski definition) is 1. The number of nitrogens with one attached hydrogen (secondary N) is 1. The molecule has 0 aliphatic heterocycles. The van der Waals surface area contributed by atoms with E-state index in [4.69, 9.17) is 0 Å². The Morgan fingerprint density at radius 1 is 1.30 bits per heavy atom. The number of nitrogens with zero attached hydrogens (tertiary/aromatic N) is 4. The van der Waals surface area contributed by atoms with Gasteiger partial charge in [-0.1, -0.05) is 30.3 Å². The van der Waals surface area contributed by atoms with Crippen LogP contribution in [0.4, 0.5) is 5.82 Å². The summed E-state index contributed by atoms with van der Waals surface area (Å²) in [6.45, 7) is 2.07. The fourth-order valence-electron chi connectivity index (χ4n) is 2.34. The zero-order valence-corrected chi connectivity index (χ0v) is 14.0. The predicted molar refractivity (Wildman–Crippen MR) is 92.9 cm³/mol. The van der Waals surface area contributed by atoms with Gasteiger partial charge < -0.3 is 5.32 Å². The van der Waals surface area contributed by atoms with Crippen LogP contribution in [-0.2, 0) is 10.8 Å². The molecule has 0 radical (unpaired) electrons. The van der Waals surface area contributed by atoms with Crippen LogP contribution in [0.1, 0.15) is 13.3 Å². The summed E-state index contributed by atoms with van der Waals surface area (Å²) < 4.78 is 12.9. The van der Waals surface area contributed by atoms with E-state index in [-0.39, 0.29) is 6.04 Å². The van der Waals surface area contributed by atoms with Gasteiger partial charge in [-0.2, -0.15) is 14.6 Å². The molecule has 0 aliphatic rings. The van der Waals surface area contributed by atoms with E-state index in [1.807, 2.05) is 36.4 Å². The Balaban J connectivity index is 1.92. The number of anilines is 1. The first kappa shape index (κ1) is 15.6. The minimum absolute atomic E-state index is 0.178. The third-order valence-electron chi connectivity index (χ3n) is 3.55. The van der Waals surface area contributed by atoms with Gasteiger partial charge in [0.05, 0.1) is 5.69 Å². The third-order valence-corrected chi connectivity index (χ3v) is 4.36. The summed E-state index contributed by atoms with van der Waals surface area (Å²) in [5.74, 6) is 2.06. The summed E-state index contributed by atoms with van der Waals surface area (Å²) in [6.07, 6.45) is 4.04. The van der Waals surface area contributed by atoms with Crippen LogP contribution in [0.2, 0.25) is 0 Å². The lowest BCUT2D eigenvalue weighted by atomic mass is 10.1. The summed E-state index contributed by atoms with van der Waals surface area (Å²) in [6, 6.07) is 12.1. The van der Waals surface area contributed by atoms with Gasteiger partial charge in [-0.15, -0.1) is 0 Å². The van der Waals surface area contributed by atoms with Crippen molar-refractivity contribution in [2.24, 2.45) is 0 Å². The molecule has 3 rings (SSSR count). The van der Waals surface area contributed by atoms with E-state index in [1.165, 1.54) is 6.33 Å². The van der Waals surface area contributed by atoms with Gasteiger partial charge in [0.1, 0.15) is 12.1 Å². The second-order valence-electron chi connectivity index (χ2n) is 5.48. The Morgan fingerprint density at radius 3 is 2.83 bits per heavy atom. The molecule has 2 atom stereocenters. The lowest BCUT2D eigenvalue weighted by molar-refractivity contribution is 0.677. The van der Waals surface area contributed by atoms with E-state index in [0.717, 1.165) is 23.5 Å². The zero-order chi connectivity index (χ0) is 16.2. The average molecular weight is 329 g/mol. The number of hydrogen-bond acceptors (Lipinski definition) is 5. The van der Waals surface area contributed by atoms with Gasteiger partial charge in [-0.3, -0.25) is 4.21 Å². The molecule has 2 heterocycles. The number of rotatable bonds is 6. The normalized spacial score (nSPS) is 13.8. The van der Waals surface area contributed by atoms with E-state index in [9.17, 15) is 4.21 Å². The van der Waals surface area contributed by atoms with Crippen LogP contribution in [0.5, 0.6) is 0 Å². The Hall–Kier alpha value is -2.28. The first-order valence-electron chi connectivity index (χ1n) is 7.46. The Kier molecular flexibility index (Phi) is 4.66. The molecule has 0 aliphatic carbocycles. The van der Waals surface area contributed by atoms with Crippen molar-refractivity contribution in [2.75, 3.05) is 17.3 Å². The molecule has 0 unspecified atom stereocenters. The van der Waals surface area contributed by atoms with Gasteiger partial charge in [-0.25, -0.2) is 4.98 Å². The SMILES string of the molecule is C[C@H](CC[S@@](C)=O)Nc1cc(-c2ccccc2)nc2ncnn12. The third kappa shape index (κ3) is 3.73. The van der Waals surface area contributed by atoms with Crippen LogP contribution in [0, 0.1) is 0 Å². The van der Waals surface area contributed by atoms with E-state index in [2.05, 4.69) is 27.3 Å². The fraction of sp³-hybridized carbons (Fsp3) is 0.312. The second-order valence-corrected chi connectivity index (χ2v) is 7.03. The molecule has 0 saturated carbocycles. The van der Waals surface area contributed by atoms with Crippen molar-refractivity contribution in [3.05, 3.63) is 42.7 Å². The summed E-state index contributed by atoms with van der Waals surface area (Å²) in [4.78, 5) is 8.75. The van der Waals surface area contributed by atoms with Crippen molar-refractivity contribution >= 4 is 22.4 Å². The molecule has 0 amide bonds. The zero-order valence-electron chi connectivity index (χ0n) is 13.1. The van der Waals surface area contributed by atoms with Crippen LogP contribution in [0.3, 0.4) is 0 Å². The maximum absolute atomic E-state index is 11.3. The van der Waals surface area contributed by atoms with Crippen molar-refractivity contribution in [3.8, 4) is 11.3 Å². The summed E-state index contributed by atoms with van der Waals surface area (Å²) in [7, 11) is -0.785. The Morgan fingerprint density at radius 2 is 2.09 bits per heavy atom. The van der Waals surface area contributed by atoms with Crippen molar-refractivity contribution < 1.29 is 4.21 Å². The minimum Gasteiger partial charge on any atom is -0.367 e. The number of fused-ring (bicyclic) bond motifs is 1. The highest BCUT2D eigenvalue weighted by atomic mass is 32.2. The molecule has 23 heavy (non-hydrogen) atoms. The topological polar surface area (TPSA) is 72.2 Å². The highest BCUT2D eigenvalue weighted by Crippen LogP contribution is 2.21. The van der Waals surface area contributed by atoms with Gasteiger partial charge in [0.25, 0.3) is 5.78 Å². The van der Waals surface area contributed by atoms with Gasteiger partial charge in [0, 0.05) is 40.5 Å². The molecule has 6 nitrogen and oxygen atoms in total. The molecule has 0 spiro atoms.